The van der Waals surface area contributed by atoms with Gasteiger partial charge in [-0.2, -0.15) is 10.1 Å². The minimum atomic E-state index is -0.577. The number of nitrogens with one attached hydrogen (secondary N) is 1. The molecule has 28 heavy (non-hydrogen) atoms. The van der Waals surface area contributed by atoms with Crippen molar-refractivity contribution >= 4 is 35.1 Å². The van der Waals surface area contributed by atoms with Gasteiger partial charge in [-0.3, -0.25) is 0 Å². The molecule has 1 N–H and O–H groups in total. The standard InChI is InChI=1S/C20H16Cl2N4O2/c1-12-17(19(27)28-10-13-5-3-2-4-6-13)18(26-20(25-12)23-11-24-26)15-8-7-14(21)9-16(15)22/h2-9,11,18H,10H2,1H3,(H,23,24,25)/t18-/m1/s1. The third-order valence-electron chi connectivity index (χ3n) is 4.48. The summed E-state index contributed by atoms with van der Waals surface area (Å²) in [6.07, 6.45) is 1.42. The first-order valence-corrected chi connectivity index (χ1v) is 9.33. The van der Waals surface area contributed by atoms with Gasteiger partial charge in [-0.15, -0.1) is 0 Å². The molecular weight excluding hydrogens is 399 g/mol. The number of fused-ring (bicyclic) bond motifs is 1. The van der Waals surface area contributed by atoms with Gasteiger partial charge >= 0.3 is 5.97 Å². The summed E-state index contributed by atoms with van der Waals surface area (Å²) in [5, 5.41) is 8.31. The molecule has 1 aliphatic heterocycles. The SMILES string of the molecule is CC1=C(C(=O)OCc2ccccc2)[C@@H](c2ccc(Cl)cc2Cl)n2ncnc2N1. The van der Waals surface area contributed by atoms with Crippen LogP contribution in [0.2, 0.25) is 10.0 Å². The molecule has 0 amide bonds. The van der Waals surface area contributed by atoms with Crippen molar-refractivity contribution in [1.82, 2.24) is 14.8 Å². The summed E-state index contributed by atoms with van der Waals surface area (Å²) in [7, 11) is 0. The zero-order valence-electron chi connectivity index (χ0n) is 14.9. The van der Waals surface area contributed by atoms with Crippen LogP contribution in [0.3, 0.4) is 0 Å². The summed E-state index contributed by atoms with van der Waals surface area (Å²) in [5.41, 5.74) is 2.64. The Hall–Kier alpha value is -2.83. The minimum Gasteiger partial charge on any atom is -0.457 e. The van der Waals surface area contributed by atoms with Gasteiger partial charge in [0.15, 0.2) is 0 Å². The molecule has 0 aliphatic carbocycles. The third-order valence-corrected chi connectivity index (χ3v) is 5.05. The number of aromatic nitrogens is 3. The molecule has 142 valence electrons. The van der Waals surface area contributed by atoms with Crippen molar-refractivity contribution in [1.29, 1.82) is 0 Å². The zero-order valence-corrected chi connectivity index (χ0v) is 16.4. The number of carbonyl (C=O) groups is 1. The van der Waals surface area contributed by atoms with E-state index in [4.69, 9.17) is 27.9 Å². The maximum absolute atomic E-state index is 13.0. The number of anilines is 1. The number of esters is 1. The fraction of sp³-hybridized carbons (Fsp3) is 0.150. The lowest BCUT2D eigenvalue weighted by molar-refractivity contribution is -0.140. The highest BCUT2D eigenvalue weighted by molar-refractivity contribution is 6.35. The van der Waals surface area contributed by atoms with Crippen molar-refractivity contribution in [2.75, 3.05) is 5.32 Å². The topological polar surface area (TPSA) is 69.0 Å². The fourth-order valence-electron chi connectivity index (χ4n) is 3.17. The summed E-state index contributed by atoms with van der Waals surface area (Å²) in [6.45, 7) is 1.97. The Balaban J connectivity index is 1.71. The second kappa shape index (κ2) is 7.66. The molecule has 0 bridgehead atoms. The van der Waals surface area contributed by atoms with Crippen LogP contribution < -0.4 is 5.32 Å². The molecule has 1 aliphatic rings. The van der Waals surface area contributed by atoms with E-state index >= 15 is 0 Å². The monoisotopic (exact) mass is 414 g/mol. The third kappa shape index (κ3) is 3.48. The first-order chi connectivity index (χ1) is 13.5. The van der Waals surface area contributed by atoms with E-state index < -0.39 is 12.0 Å². The van der Waals surface area contributed by atoms with E-state index in [0.717, 1.165) is 5.56 Å². The van der Waals surface area contributed by atoms with Gasteiger partial charge in [0.2, 0.25) is 5.95 Å². The molecule has 1 aromatic heterocycles. The van der Waals surface area contributed by atoms with E-state index in [0.29, 0.717) is 32.8 Å². The summed E-state index contributed by atoms with van der Waals surface area (Å²) in [5.74, 6) is 0.0687. The zero-order chi connectivity index (χ0) is 19.7. The number of hydrogen-bond donors (Lipinski definition) is 1. The molecule has 0 saturated carbocycles. The van der Waals surface area contributed by atoms with Crippen LogP contribution in [0.1, 0.15) is 24.1 Å². The molecule has 0 spiro atoms. The molecule has 1 atom stereocenters. The molecule has 8 heteroatoms. The second-order valence-electron chi connectivity index (χ2n) is 6.32. The van der Waals surface area contributed by atoms with Crippen LogP contribution in [-0.2, 0) is 16.1 Å². The van der Waals surface area contributed by atoms with E-state index in [1.165, 1.54) is 6.33 Å². The van der Waals surface area contributed by atoms with Crippen LogP contribution in [0.4, 0.5) is 5.95 Å². The molecule has 0 unspecified atom stereocenters. The Morgan fingerprint density at radius 2 is 2.00 bits per heavy atom. The van der Waals surface area contributed by atoms with Gasteiger partial charge in [0, 0.05) is 21.3 Å². The van der Waals surface area contributed by atoms with Crippen molar-refractivity contribution in [3.8, 4) is 0 Å². The maximum Gasteiger partial charge on any atom is 0.338 e. The highest BCUT2D eigenvalue weighted by Crippen LogP contribution is 2.39. The number of allylic oxidation sites excluding steroid dienone is 1. The van der Waals surface area contributed by atoms with Crippen molar-refractivity contribution in [2.45, 2.75) is 19.6 Å². The van der Waals surface area contributed by atoms with Gasteiger partial charge in [-0.25, -0.2) is 9.48 Å². The van der Waals surface area contributed by atoms with Crippen LogP contribution >= 0.6 is 23.2 Å². The molecule has 3 aromatic rings. The van der Waals surface area contributed by atoms with Gasteiger partial charge < -0.3 is 10.1 Å². The van der Waals surface area contributed by atoms with Crippen molar-refractivity contribution in [3.05, 3.63) is 87.3 Å². The first-order valence-electron chi connectivity index (χ1n) is 8.58. The van der Waals surface area contributed by atoms with Crippen molar-refractivity contribution < 1.29 is 9.53 Å². The minimum absolute atomic E-state index is 0.168. The lowest BCUT2D eigenvalue weighted by Gasteiger charge is -2.28. The summed E-state index contributed by atoms with van der Waals surface area (Å²) >= 11 is 12.5. The Bertz CT molecular complexity index is 1060. The molecular formula is C20H16Cl2N4O2. The number of carbonyl (C=O) groups excluding carboxylic acids is 1. The average molecular weight is 415 g/mol. The molecule has 0 radical (unpaired) electrons. The average Bonchev–Trinajstić information content (AvgIpc) is 3.14. The maximum atomic E-state index is 13.0. The summed E-state index contributed by atoms with van der Waals surface area (Å²) < 4.78 is 7.19. The van der Waals surface area contributed by atoms with E-state index in [-0.39, 0.29) is 6.61 Å². The quantitative estimate of drug-likeness (QED) is 0.630. The molecule has 2 aromatic carbocycles. The summed E-state index contributed by atoms with van der Waals surface area (Å²) in [4.78, 5) is 17.2. The van der Waals surface area contributed by atoms with E-state index in [2.05, 4.69) is 15.4 Å². The van der Waals surface area contributed by atoms with Crippen LogP contribution in [-0.4, -0.2) is 20.7 Å². The van der Waals surface area contributed by atoms with Crippen molar-refractivity contribution in [3.63, 3.8) is 0 Å². The number of ether oxygens (including phenoxy) is 1. The number of rotatable bonds is 4. The van der Waals surface area contributed by atoms with Crippen LogP contribution in [0.5, 0.6) is 0 Å². The Morgan fingerprint density at radius 3 is 2.75 bits per heavy atom. The van der Waals surface area contributed by atoms with Gasteiger partial charge in [0.25, 0.3) is 0 Å². The van der Waals surface area contributed by atoms with Gasteiger partial charge in [0.05, 0.1) is 5.57 Å². The highest BCUT2D eigenvalue weighted by atomic mass is 35.5. The fourth-order valence-corrected chi connectivity index (χ4v) is 3.68. The van der Waals surface area contributed by atoms with Gasteiger partial charge in [-0.05, 0) is 24.6 Å². The molecule has 6 nitrogen and oxygen atoms in total. The van der Waals surface area contributed by atoms with Gasteiger partial charge in [-0.1, -0.05) is 59.6 Å². The van der Waals surface area contributed by atoms with Gasteiger partial charge in [0.1, 0.15) is 19.0 Å². The van der Waals surface area contributed by atoms with E-state index in [9.17, 15) is 4.79 Å². The Kier molecular flexibility index (Phi) is 5.07. The number of benzene rings is 2. The van der Waals surface area contributed by atoms with E-state index in [1.807, 2.05) is 30.3 Å². The van der Waals surface area contributed by atoms with Crippen molar-refractivity contribution in [2.24, 2.45) is 0 Å². The molecule has 2 heterocycles. The molecule has 4 rings (SSSR count). The predicted octanol–water partition coefficient (Wildman–Crippen LogP) is 4.62. The normalized spacial score (nSPS) is 15.8. The lowest BCUT2D eigenvalue weighted by Crippen LogP contribution is -2.29. The second-order valence-corrected chi connectivity index (χ2v) is 7.17. The highest BCUT2D eigenvalue weighted by Gasteiger charge is 2.35. The van der Waals surface area contributed by atoms with Crippen LogP contribution in [0.15, 0.2) is 66.1 Å². The van der Waals surface area contributed by atoms with Crippen LogP contribution in [0.25, 0.3) is 0 Å². The number of nitrogens with zero attached hydrogens (tertiary/aromatic N) is 3. The smallest absolute Gasteiger partial charge is 0.338 e. The number of halogens is 2. The number of hydrogen-bond acceptors (Lipinski definition) is 5. The van der Waals surface area contributed by atoms with Crippen LogP contribution in [0, 0.1) is 0 Å². The Labute approximate surface area is 171 Å². The summed E-state index contributed by atoms with van der Waals surface area (Å²) in [6, 6.07) is 14.1. The lowest BCUT2D eigenvalue weighted by atomic mass is 9.95. The largest absolute Gasteiger partial charge is 0.457 e. The molecule has 0 fully saturated rings. The first kappa shape index (κ1) is 18.5. The molecule has 0 saturated heterocycles. The predicted molar refractivity (Wildman–Crippen MR) is 107 cm³/mol. The Morgan fingerprint density at radius 1 is 1.21 bits per heavy atom. The van der Waals surface area contributed by atoms with E-state index in [1.54, 1.807) is 29.8 Å².